The summed E-state index contributed by atoms with van der Waals surface area (Å²) in [6.07, 6.45) is 5.55. The van der Waals surface area contributed by atoms with Gasteiger partial charge >= 0.3 is 11.7 Å². The third-order valence-corrected chi connectivity index (χ3v) is 11.3. The van der Waals surface area contributed by atoms with Crippen LogP contribution in [-0.2, 0) is 23.2 Å². The van der Waals surface area contributed by atoms with Gasteiger partial charge in [0.2, 0.25) is 0 Å². The van der Waals surface area contributed by atoms with E-state index in [1.165, 1.54) is 22.8 Å². The Hall–Kier alpha value is -4.98. The maximum Gasteiger partial charge on any atom is 0.341 e. The number of carbonyl (C=O) groups is 1. The van der Waals surface area contributed by atoms with Crippen molar-refractivity contribution in [3.05, 3.63) is 112 Å². The predicted molar refractivity (Wildman–Crippen MR) is 192 cm³/mol. The first kappa shape index (κ1) is 32.6. The van der Waals surface area contributed by atoms with E-state index in [0.29, 0.717) is 23.2 Å². The number of carboxylic acid groups (broad SMARTS) is 1. The molecule has 1 N–H and O–H groups in total. The SMILES string of the molecule is CC(C)c1ccc2c(c1)CC[C@@H]1[C@](C)(Cn3c(-c4ccc([N+](=O)[O-])c(OCC(=O)O)c4)nc4cc(-c5ccccc5)ccc43)CCC[C@]21C. The Balaban J connectivity index is 1.35. The summed E-state index contributed by atoms with van der Waals surface area (Å²) in [4.78, 5) is 27.8. The van der Waals surface area contributed by atoms with Gasteiger partial charge in [-0.25, -0.2) is 9.78 Å². The summed E-state index contributed by atoms with van der Waals surface area (Å²) >= 11 is 0. The van der Waals surface area contributed by atoms with E-state index in [1.54, 1.807) is 12.1 Å². The Labute approximate surface area is 286 Å². The van der Waals surface area contributed by atoms with Crippen molar-refractivity contribution in [2.45, 2.75) is 77.7 Å². The van der Waals surface area contributed by atoms with E-state index < -0.39 is 17.5 Å². The van der Waals surface area contributed by atoms with Crippen LogP contribution < -0.4 is 4.74 Å². The van der Waals surface area contributed by atoms with E-state index >= 15 is 0 Å². The summed E-state index contributed by atoms with van der Waals surface area (Å²) < 4.78 is 7.73. The molecule has 252 valence electrons. The number of aryl methyl sites for hydroxylation is 1. The number of hydrogen-bond donors (Lipinski definition) is 1. The number of rotatable bonds is 9. The maximum atomic E-state index is 11.9. The zero-order valence-corrected chi connectivity index (χ0v) is 28.6. The van der Waals surface area contributed by atoms with Crippen LogP contribution in [0.1, 0.15) is 76.0 Å². The van der Waals surface area contributed by atoms with Crippen molar-refractivity contribution < 1.29 is 19.6 Å². The van der Waals surface area contributed by atoms with Crippen LogP contribution in [0.3, 0.4) is 0 Å². The number of fused-ring (bicyclic) bond motifs is 4. The summed E-state index contributed by atoms with van der Waals surface area (Å²) in [7, 11) is 0. The molecule has 0 bridgehead atoms. The van der Waals surface area contributed by atoms with Crippen LogP contribution in [-0.4, -0.2) is 32.2 Å². The van der Waals surface area contributed by atoms with E-state index in [1.807, 2.05) is 18.2 Å². The molecule has 2 aliphatic rings. The van der Waals surface area contributed by atoms with Gasteiger partial charge in [-0.05, 0) is 100 Å². The quantitative estimate of drug-likeness (QED) is 0.125. The lowest BCUT2D eigenvalue weighted by Crippen LogP contribution is -2.50. The molecule has 0 radical (unpaired) electrons. The van der Waals surface area contributed by atoms with Gasteiger partial charge in [0.1, 0.15) is 5.82 Å². The largest absolute Gasteiger partial charge is 0.479 e. The molecule has 0 unspecified atom stereocenters. The molecule has 0 amide bonds. The third-order valence-electron chi connectivity index (χ3n) is 11.3. The topological polar surface area (TPSA) is 107 Å². The van der Waals surface area contributed by atoms with Crippen LogP contribution in [0.4, 0.5) is 5.69 Å². The standard InChI is InChI=1S/C41H43N3O5/c1-26(2)28-11-15-32-30(21-28)14-18-37-40(3,19-8-20-41(32,37)4)25-43-34-16-12-29(27-9-6-5-7-10-27)22-33(34)42-39(43)31-13-17-35(44(47)48)36(23-31)49-24-38(45)46/h5-7,9-13,15-17,21-23,26,37H,8,14,18-20,24-25H2,1-4H3,(H,45,46)/t37-,40+,41-/m1/s1. The van der Waals surface area contributed by atoms with Crippen LogP contribution in [0.2, 0.25) is 0 Å². The van der Waals surface area contributed by atoms with Crippen molar-refractivity contribution in [3.63, 3.8) is 0 Å². The summed E-state index contributed by atoms with van der Waals surface area (Å²) in [5.74, 6) is 0.336. The Morgan fingerprint density at radius 1 is 1.00 bits per heavy atom. The molecule has 49 heavy (non-hydrogen) atoms. The fraction of sp³-hybridized carbons (Fsp3) is 0.366. The molecular formula is C41H43N3O5. The Bertz CT molecular complexity index is 2070. The second-order valence-electron chi connectivity index (χ2n) is 14.8. The van der Waals surface area contributed by atoms with Gasteiger partial charge < -0.3 is 14.4 Å². The molecule has 8 nitrogen and oxygen atoms in total. The van der Waals surface area contributed by atoms with Crippen molar-refractivity contribution in [2.24, 2.45) is 11.3 Å². The Morgan fingerprint density at radius 2 is 1.78 bits per heavy atom. The molecule has 3 atom stereocenters. The number of nitro groups is 1. The average molecular weight is 658 g/mol. The van der Waals surface area contributed by atoms with Gasteiger partial charge in [0.05, 0.1) is 16.0 Å². The summed E-state index contributed by atoms with van der Waals surface area (Å²) in [5, 5.41) is 21.1. The predicted octanol–water partition coefficient (Wildman–Crippen LogP) is 9.58. The lowest BCUT2D eigenvalue weighted by molar-refractivity contribution is -0.385. The number of aliphatic carboxylic acids is 1. The fourth-order valence-electron chi connectivity index (χ4n) is 8.93. The monoisotopic (exact) mass is 657 g/mol. The molecule has 0 spiro atoms. The molecule has 0 aliphatic heterocycles. The highest BCUT2D eigenvalue weighted by Gasteiger charge is 2.52. The Morgan fingerprint density at radius 3 is 2.51 bits per heavy atom. The van der Waals surface area contributed by atoms with Gasteiger partial charge in [0.15, 0.2) is 12.4 Å². The molecule has 5 aromatic rings. The van der Waals surface area contributed by atoms with Crippen molar-refractivity contribution in [1.29, 1.82) is 0 Å². The first-order valence-corrected chi connectivity index (χ1v) is 17.3. The molecule has 7 rings (SSSR count). The fourth-order valence-corrected chi connectivity index (χ4v) is 8.93. The summed E-state index contributed by atoms with van der Waals surface area (Å²) in [6, 6.07) is 28.4. The maximum absolute atomic E-state index is 11.9. The number of benzene rings is 4. The smallest absolute Gasteiger partial charge is 0.341 e. The minimum atomic E-state index is -1.21. The summed E-state index contributed by atoms with van der Waals surface area (Å²) in [6.45, 7) is 9.48. The number of aromatic nitrogens is 2. The van der Waals surface area contributed by atoms with Crippen molar-refractivity contribution in [3.8, 4) is 28.3 Å². The van der Waals surface area contributed by atoms with Crippen LogP contribution in [0.5, 0.6) is 5.75 Å². The minimum Gasteiger partial charge on any atom is -0.479 e. The second-order valence-corrected chi connectivity index (χ2v) is 14.8. The molecule has 8 heteroatoms. The van der Waals surface area contributed by atoms with Gasteiger partial charge in [0, 0.05) is 18.2 Å². The van der Waals surface area contributed by atoms with E-state index in [2.05, 4.69) is 80.8 Å². The highest BCUT2D eigenvalue weighted by molar-refractivity contribution is 5.86. The van der Waals surface area contributed by atoms with Crippen LogP contribution in [0.25, 0.3) is 33.5 Å². The molecule has 2 aliphatic carbocycles. The van der Waals surface area contributed by atoms with Crippen LogP contribution in [0.15, 0.2) is 84.9 Å². The minimum absolute atomic E-state index is 0.0503. The number of nitro benzene ring substituents is 1. The highest BCUT2D eigenvalue weighted by atomic mass is 16.6. The molecule has 1 fully saturated rings. The molecule has 1 heterocycles. The third kappa shape index (κ3) is 5.87. The van der Waals surface area contributed by atoms with Crippen molar-refractivity contribution >= 4 is 22.7 Å². The second kappa shape index (κ2) is 12.5. The molecule has 0 saturated heterocycles. The van der Waals surface area contributed by atoms with Gasteiger partial charge in [-0.15, -0.1) is 0 Å². The zero-order valence-electron chi connectivity index (χ0n) is 28.6. The van der Waals surface area contributed by atoms with E-state index in [0.717, 1.165) is 60.8 Å². The molecule has 4 aromatic carbocycles. The van der Waals surface area contributed by atoms with Crippen molar-refractivity contribution in [2.75, 3.05) is 6.61 Å². The lowest BCUT2D eigenvalue weighted by atomic mass is 9.49. The van der Waals surface area contributed by atoms with Gasteiger partial charge in [-0.3, -0.25) is 10.1 Å². The van der Waals surface area contributed by atoms with E-state index in [-0.39, 0.29) is 22.3 Å². The number of nitrogens with zero attached hydrogens (tertiary/aromatic N) is 3. The van der Waals surface area contributed by atoms with E-state index in [9.17, 15) is 20.0 Å². The lowest BCUT2D eigenvalue weighted by Gasteiger charge is -2.56. The average Bonchev–Trinajstić information content (AvgIpc) is 3.44. The van der Waals surface area contributed by atoms with Crippen molar-refractivity contribution in [1.82, 2.24) is 9.55 Å². The van der Waals surface area contributed by atoms with E-state index in [4.69, 9.17) is 9.72 Å². The normalized spacial score (nSPS) is 21.7. The van der Waals surface area contributed by atoms with Crippen LogP contribution >= 0.6 is 0 Å². The number of imidazole rings is 1. The number of carboxylic acids is 1. The first-order chi connectivity index (χ1) is 23.5. The number of ether oxygens (including phenoxy) is 1. The number of hydrogen-bond acceptors (Lipinski definition) is 5. The van der Waals surface area contributed by atoms with Gasteiger partial charge in [-0.2, -0.15) is 0 Å². The molecule has 1 saturated carbocycles. The van der Waals surface area contributed by atoms with Gasteiger partial charge in [0.25, 0.3) is 0 Å². The highest BCUT2D eigenvalue weighted by Crippen LogP contribution is 2.58. The Kier molecular flexibility index (Phi) is 8.29. The summed E-state index contributed by atoms with van der Waals surface area (Å²) in [5.41, 5.74) is 8.73. The van der Waals surface area contributed by atoms with Gasteiger partial charge in [-0.1, -0.05) is 88.7 Å². The first-order valence-electron chi connectivity index (χ1n) is 17.3. The zero-order chi connectivity index (χ0) is 34.5. The molecule has 1 aromatic heterocycles. The molecular weight excluding hydrogens is 614 g/mol. The van der Waals surface area contributed by atoms with Crippen LogP contribution in [0, 0.1) is 21.4 Å².